The number of rotatable bonds is 2. The van der Waals surface area contributed by atoms with Gasteiger partial charge in [-0.2, -0.15) is 0 Å². The minimum absolute atomic E-state index is 0.642. The molecule has 1 heterocycles. The zero-order valence-electron chi connectivity index (χ0n) is 5.72. The molecule has 0 bridgehead atoms. The average molecular weight is 124 g/mol. The molecule has 0 aliphatic heterocycles. The van der Waals surface area contributed by atoms with Crippen molar-refractivity contribution in [3.63, 3.8) is 0 Å². The highest BCUT2D eigenvalue weighted by Crippen LogP contribution is 2.03. The molecule has 0 aliphatic carbocycles. The van der Waals surface area contributed by atoms with E-state index in [1.54, 1.807) is 6.26 Å². The van der Waals surface area contributed by atoms with Crippen LogP contribution in [0.4, 0.5) is 0 Å². The fourth-order valence-electron chi connectivity index (χ4n) is 0.718. The van der Waals surface area contributed by atoms with Gasteiger partial charge in [-0.05, 0) is 12.3 Å². The fraction of sp³-hybridized carbons (Fsp3) is 0.571. The Bertz CT molecular complexity index is 155. The molecule has 0 fully saturated rings. The molecule has 0 aliphatic rings. The second-order valence-corrected chi connectivity index (χ2v) is 2.53. The molecule has 49 valence electrons. The van der Waals surface area contributed by atoms with Gasteiger partial charge in [-0.15, -0.1) is 0 Å². The van der Waals surface area contributed by atoms with E-state index in [0.717, 1.165) is 12.1 Å². The molecule has 2 nitrogen and oxygen atoms in total. The van der Waals surface area contributed by atoms with Crippen molar-refractivity contribution in [1.29, 1.82) is 0 Å². The van der Waals surface area contributed by atoms with Gasteiger partial charge in [0.05, 0.1) is 5.69 Å². The third-order valence-corrected chi connectivity index (χ3v) is 1.05. The highest BCUT2D eigenvalue weighted by molar-refractivity contribution is 4.90. The fourth-order valence-corrected chi connectivity index (χ4v) is 0.718. The summed E-state index contributed by atoms with van der Waals surface area (Å²) in [4.78, 5) is 3.86. The Balaban J connectivity index is 2.48. The molecular weight excluding hydrogens is 114 g/mol. The van der Waals surface area contributed by atoms with Gasteiger partial charge in [0.25, 0.3) is 6.39 Å². The van der Waals surface area contributed by atoms with Crippen molar-refractivity contribution in [3.05, 3.63) is 18.4 Å². The lowest BCUT2D eigenvalue weighted by atomic mass is 10.1. The quantitative estimate of drug-likeness (QED) is 0.599. The summed E-state index contributed by atoms with van der Waals surface area (Å²) in [5.74, 6) is 0.642. The maximum absolute atomic E-state index is 4.68. The molecule has 0 atom stereocenters. The van der Waals surface area contributed by atoms with Crippen molar-refractivity contribution < 1.29 is 4.42 Å². The summed E-state index contributed by atoms with van der Waals surface area (Å²) in [5, 5.41) is 0. The number of aromatic nitrogens is 1. The Morgan fingerprint density at radius 3 is 3.00 bits per heavy atom. The van der Waals surface area contributed by atoms with Crippen LogP contribution in [-0.4, -0.2) is 4.98 Å². The van der Waals surface area contributed by atoms with E-state index in [1.807, 2.05) is 0 Å². The van der Waals surface area contributed by atoms with Gasteiger partial charge in [-0.1, -0.05) is 13.8 Å². The third kappa shape index (κ3) is 1.88. The highest BCUT2D eigenvalue weighted by Gasteiger charge is 1.98. The number of oxazole rings is 1. The van der Waals surface area contributed by atoms with Crippen molar-refractivity contribution in [3.8, 4) is 0 Å². The predicted octanol–water partition coefficient (Wildman–Crippen LogP) is 1.67. The lowest BCUT2D eigenvalue weighted by Crippen LogP contribution is -1.92. The molecule has 0 N–H and O–H groups in total. The molecule has 0 unspecified atom stereocenters. The van der Waals surface area contributed by atoms with Gasteiger partial charge < -0.3 is 4.42 Å². The van der Waals surface area contributed by atoms with Crippen LogP contribution in [0.15, 0.2) is 10.7 Å². The molecule has 0 saturated heterocycles. The van der Waals surface area contributed by atoms with Crippen LogP contribution in [-0.2, 0) is 6.42 Å². The zero-order chi connectivity index (χ0) is 6.69. The Kier molecular flexibility index (Phi) is 1.88. The smallest absolute Gasteiger partial charge is 0.283 e. The maximum atomic E-state index is 4.68. The summed E-state index contributed by atoms with van der Waals surface area (Å²) < 4.78 is 4.68. The van der Waals surface area contributed by atoms with Gasteiger partial charge >= 0.3 is 0 Å². The summed E-state index contributed by atoms with van der Waals surface area (Å²) in [6, 6.07) is 0. The van der Waals surface area contributed by atoms with Crippen LogP contribution in [0.25, 0.3) is 0 Å². The van der Waals surface area contributed by atoms with Gasteiger partial charge in [0.1, 0.15) is 6.26 Å². The Labute approximate surface area is 54.9 Å². The Morgan fingerprint density at radius 2 is 2.56 bits per heavy atom. The first-order chi connectivity index (χ1) is 4.29. The summed E-state index contributed by atoms with van der Waals surface area (Å²) in [6.07, 6.45) is 5.03. The summed E-state index contributed by atoms with van der Waals surface area (Å²) in [5.41, 5.74) is 0.991. The van der Waals surface area contributed by atoms with Gasteiger partial charge in [0.2, 0.25) is 0 Å². The van der Waals surface area contributed by atoms with E-state index in [2.05, 4.69) is 29.6 Å². The zero-order valence-corrected chi connectivity index (χ0v) is 5.72. The van der Waals surface area contributed by atoms with E-state index in [1.165, 1.54) is 0 Å². The van der Waals surface area contributed by atoms with Crippen molar-refractivity contribution in [2.24, 2.45) is 5.92 Å². The van der Waals surface area contributed by atoms with Gasteiger partial charge in [-0.25, -0.2) is 4.98 Å². The van der Waals surface area contributed by atoms with Gasteiger partial charge in [0, 0.05) is 0 Å². The summed E-state index contributed by atoms with van der Waals surface area (Å²) in [7, 11) is 0. The van der Waals surface area contributed by atoms with Crippen LogP contribution in [0.3, 0.4) is 0 Å². The van der Waals surface area contributed by atoms with E-state index >= 15 is 0 Å². The van der Waals surface area contributed by atoms with Crippen LogP contribution < -0.4 is 0 Å². The largest absolute Gasteiger partial charge is 0.441 e. The monoisotopic (exact) mass is 124 g/mol. The molecule has 1 rings (SSSR count). The molecule has 0 spiro atoms. The third-order valence-electron chi connectivity index (χ3n) is 1.05. The normalized spacial score (nSPS) is 10.6. The number of hydrogen-bond donors (Lipinski definition) is 0. The SMILES string of the molecule is CC(C)Cc1co[c]n1. The van der Waals surface area contributed by atoms with E-state index < -0.39 is 0 Å². The standard InChI is InChI=1S/C7H10NO/c1-6(2)3-7-4-9-5-8-7/h4,6H,3H2,1-2H3. The molecular formula is C7H10NO. The first-order valence-electron chi connectivity index (χ1n) is 3.09. The second-order valence-electron chi connectivity index (χ2n) is 2.53. The van der Waals surface area contributed by atoms with E-state index in [0.29, 0.717) is 5.92 Å². The molecule has 2 heteroatoms. The van der Waals surface area contributed by atoms with Crippen molar-refractivity contribution in [2.75, 3.05) is 0 Å². The van der Waals surface area contributed by atoms with Crippen molar-refractivity contribution >= 4 is 0 Å². The Morgan fingerprint density at radius 1 is 1.78 bits per heavy atom. The number of hydrogen-bond acceptors (Lipinski definition) is 2. The van der Waals surface area contributed by atoms with Crippen LogP contribution >= 0.6 is 0 Å². The van der Waals surface area contributed by atoms with E-state index in [-0.39, 0.29) is 0 Å². The molecule has 0 aromatic carbocycles. The van der Waals surface area contributed by atoms with Crippen molar-refractivity contribution in [2.45, 2.75) is 20.3 Å². The predicted molar refractivity (Wildman–Crippen MR) is 33.9 cm³/mol. The van der Waals surface area contributed by atoms with Crippen LogP contribution in [0, 0.1) is 12.3 Å². The summed E-state index contributed by atoms with van der Waals surface area (Å²) in [6.45, 7) is 4.30. The summed E-state index contributed by atoms with van der Waals surface area (Å²) >= 11 is 0. The minimum Gasteiger partial charge on any atom is -0.441 e. The highest BCUT2D eigenvalue weighted by atomic mass is 16.3. The number of nitrogens with zero attached hydrogens (tertiary/aromatic N) is 1. The van der Waals surface area contributed by atoms with Crippen LogP contribution in [0.2, 0.25) is 0 Å². The molecule has 0 saturated carbocycles. The molecule has 1 aromatic heterocycles. The molecule has 0 amide bonds. The van der Waals surface area contributed by atoms with Crippen LogP contribution in [0.5, 0.6) is 0 Å². The van der Waals surface area contributed by atoms with E-state index in [9.17, 15) is 0 Å². The first-order valence-corrected chi connectivity index (χ1v) is 3.09. The van der Waals surface area contributed by atoms with Gasteiger partial charge in [-0.3, -0.25) is 0 Å². The molecule has 9 heavy (non-hydrogen) atoms. The average Bonchev–Trinajstić information content (AvgIpc) is 2.15. The van der Waals surface area contributed by atoms with Crippen LogP contribution in [0.1, 0.15) is 19.5 Å². The Hall–Kier alpha value is -0.790. The maximum Gasteiger partial charge on any atom is 0.283 e. The first kappa shape index (κ1) is 6.33. The second kappa shape index (κ2) is 2.67. The lowest BCUT2D eigenvalue weighted by Gasteiger charge is -1.96. The lowest BCUT2D eigenvalue weighted by molar-refractivity contribution is 0.544. The molecule has 1 radical (unpaired) electrons. The topological polar surface area (TPSA) is 26.0 Å². The minimum atomic E-state index is 0.642. The van der Waals surface area contributed by atoms with Gasteiger partial charge in [0.15, 0.2) is 0 Å². The molecule has 1 aromatic rings. The van der Waals surface area contributed by atoms with Crippen molar-refractivity contribution in [1.82, 2.24) is 4.98 Å². The van der Waals surface area contributed by atoms with E-state index in [4.69, 9.17) is 0 Å².